The topological polar surface area (TPSA) is 55.3 Å². The van der Waals surface area contributed by atoms with Crippen LogP contribution in [0.3, 0.4) is 0 Å². The van der Waals surface area contributed by atoms with E-state index < -0.39 is 0 Å². The largest absolute Gasteiger partial charge is 0.493 e. The second kappa shape index (κ2) is 10.6. The molecular formula is C22H35N3O3. The Hall–Kier alpha value is -1.95. The molecule has 6 nitrogen and oxygen atoms in total. The van der Waals surface area contributed by atoms with Crippen molar-refractivity contribution in [3.63, 3.8) is 0 Å². The van der Waals surface area contributed by atoms with Crippen molar-refractivity contribution in [2.45, 2.75) is 51.2 Å². The minimum absolute atomic E-state index is 0.326. The maximum Gasteiger partial charge on any atom is 0.193 e. The molecule has 0 amide bonds. The van der Waals surface area contributed by atoms with E-state index in [0.29, 0.717) is 12.6 Å². The molecule has 0 aromatic heterocycles. The summed E-state index contributed by atoms with van der Waals surface area (Å²) in [5, 5.41) is 3.42. The number of nitrogens with zero attached hydrogens (tertiary/aromatic N) is 2. The number of methoxy groups -OCH3 is 1. The molecule has 0 atom stereocenters. The molecule has 1 aromatic carbocycles. The molecule has 2 aliphatic rings. The number of nitrogens with one attached hydrogen (secondary N) is 1. The summed E-state index contributed by atoms with van der Waals surface area (Å²) < 4.78 is 17.4. The second-order valence-corrected chi connectivity index (χ2v) is 7.85. The summed E-state index contributed by atoms with van der Waals surface area (Å²) in [5.41, 5.74) is 1.13. The Balaban J connectivity index is 1.47. The molecule has 1 aromatic rings. The normalized spacial score (nSPS) is 17.6. The van der Waals surface area contributed by atoms with Gasteiger partial charge in [0.05, 0.1) is 19.8 Å². The summed E-state index contributed by atoms with van der Waals surface area (Å²) >= 11 is 0. The van der Waals surface area contributed by atoms with Crippen molar-refractivity contribution in [1.82, 2.24) is 10.2 Å². The van der Waals surface area contributed by atoms with Gasteiger partial charge in [0.2, 0.25) is 0 Å². The molecule has 2 aliphatic carbocycles. The Bertz CT molecular complexity index is 640. The first-order valence-electron chi connectivity index (χ1n) is 10.5. The van der Waals surface area contributed by atoms with Gasteiger partial charge in [-0.3, -0.25) is 4.99 Å². The maximum atomic E-state index is 6.12. The molecular weight excluding hydrogens is 354 g/mol. The van der Waals surface area contributed by atoms with Gasteiger partial charge >= 0.3 is 0 Å². The highest BCUT2D eigenvalue weighted by atomic mass is 16.5. The van der Waals surface area contributed by atoms with Gasteiger partial charge in [0.1, 0.15) is 0 Å². The van der Waals surface area contributed by atoms with Crippen LogP contribution >= 0.6 is 0 Å². The SMILES string of the molecule is CN=C(NCc1ccc(OC2CCCC2)c(OC)c1)N(C)CCOCC1CC1. The van der Waals surface area contributed by atoms with E-state index in [4.69, 9.17) is 14.2 Å². The van der Waals surface area contributed by atoms with Gasteiger partial charge in [-0.25, -0.2) is 0 Å². The Labute approximate surface area is 169 Å². The molecule has 156 valence electrons. The lowest BCUT2D eigenvalue weighted by Gasteiger charge is -2.22. The van der Waals surface area contributed by atoms with Crippen molar-refractivity contribution >= 4 is 5.96 Å². The molecule has 0 unspecified atom stereocenters. The summed E-state index contributed by atoms with van der Waals surface area (Å²) in [7, 11) is 5.54. The molecule has 3 rings (SSSR count). The highest BCUT2D eigenvalue weighted by Crippen LogP contribution is 2.32. The molecule has 2 saturated carbocycles. The molecule has 2 fully saturated rings. The fourth-order valence-corrected chi connectivity index (χ4v) is 3.51. The van der Waals surface area contributed by atoms with Crippen LogP contribution in [0.25, 0.3) is 0 Å². The number of hydrogen-bond donors (Lipinski definition) is 1. The van der Waals surface area contributed by atoms with Gasteiger partial charge in [-0.05, 0) is 62.1 Å². The molecule has 0 saturated heterocycles. The summed E-state index contributed by atoms with van der Waals surface area (Å²) in [5.74, 6) is 3.30. The van der Waals surface area contributed by atoms with Crippen molar-refractivity contribution in [2.24, 2.45) is 10.9 Å². The van der Waals surface area contributed by atoms with Gasteiger partial charge in [-0.1, -0.05) is 6.07 Å². The van der Waals surface area contributed by atoms with Crippen LogP contribution in [0.4, 0.5) is 0 Å². The third-order valence-corrected chi connectivity index (χ3v) is 5.47. The van der Waals surface area contributed by atoms with Crippen LogP contribution < -0.4 is 14.8 Å². The molecule has 0 aliphatic heterocycles. The lowest BCUT2D eigenvalue weighted by Crippen LogP contribution is -2.40. The third-order valence-electron chi connectivity index (χ3n) is 5.47. The first-order valence-corrected chi connectivity index (χ1v) is 10.5. The summed E-state index contributed by atoms with van der Waals surface area (Å²) in [6.07, 6.45) is 7.77. The lowest BCUT2D eigenvalue weighted by atomic mass is 10.2. The fraction of sp³-hybridized carbons (Fsp3) is 0.682. The molecule has 0 heterocycles. The zero-order valence-corrected chi connectivity index (χ0v) is 17.6. The van der Waals surface area contributed by atoms with Gasteiger partial charge in [-0.15, -0.1) is 0 Å². The maximum absolute atomic E-state index is 6.12. The van der Waals surface area contributed by atoms with Crippen molar-refractivity contribution in [3.05, 3.63) is 23.8 Å². The van der Waals surface area contributed by atoms with Crippen LogP contribution in [0.1, 0.15) is 44.1 Å². The monoisotopic (exact) mass is 389 g/mol. The number of aliphatic imine (C=N–C) groups is 1. The molecule has 28 heavy (non-hydrogen) atoms. The Morgan fingerprint density at radius 1 is 1.18 bits per heavy atom. The number of benzene rings is 1. The first-order chi connectivity index (χ1) is 13.7. The first kappa shape index (κ1) is 20.8. The van der Waals surface area contributed by atoms with Gasteiger partial charge in [-0.2, -0.15) is 0 Å². The van der Waals surface area contributed by atoms with Crippen molar-refractivity contribution < 1.29 is 14.2 Å². The van der Waals surface area contributed by atoms with E-state index in [1.165, 1.54) is 25.7 Å². The molecule has 0 spiro atoms. The van der Waals surface area contributed by atoms with E-state index in [2.05, 4.69) is 21.3 Å². The Morgan fingerprint density at radius 2 is 1.96 bits per heavy atom. The minimum atomic E-state index is 0.326. The van der Waals surface area contributed by atoms with Crippen LogP contribution in [-0.2, 0) is 11.3 Å². The standard InChI is InChI=1S/C22H35N3O3/c1-23-22(25(2)12-13-27-16-17-8-9-17)24-15-18-10-11-20(21(14-18)26-3)28-19-6-4-5-7-19/h10-11,14,17,19H,4-9,12-13,15-16H2,1-3H3,(H,23,24). The molecule has 0 bridgehead atoms. The van der Waals surface area contributed by atoms with Crippen LogP contribution in [-0.4, -0.2) is 57.9 Å². The number of guanidine groups is 1. The van der Waals surface area contributed by atoms with Gasteiger partial charge in [0.15, 0.2) is 17.5 Å². The van der Waals surface area contributed by atoms with Crippen LogP contribution in [0.2, 0.25) is 0 Å². The quantitative estimate of drug-likeness (QED) is 0.377. The minimum Gasteiger partial charge on any atom is -0.493 e. The molecule has 0 radical (unpaired) electrons. The average molecular weight is 390 g/mol. The smallest absolute Gasteiger partial charge is 0.193 e. The van der Waals surface area contributed by atoms with E-state index in [0.717, 1.165) is 61.5 Å². The second-order valence-electron chi connectivity index (χ2n) is 7.85. The average Bonchev–Trinajstić information content (AvgIpc) is 3.40. The van der Waals surface area contributed by atoms with Gasteiger partial charge < -0.3 is 24.4 Å². The van der Waals surface area contributed by atoms with E-state index in [9.17, 15) is 0 Å². The summed E-state index contributed by atoms with van der Waals surface area (Å²) in [6, 6.07) is 6.15. The molecule has 1 N–H and O–H groups in total. The highest BCUT2D eigenvalue weighted by Gasteiger charge is 2.21. The predicted molar refractivity (Wildman–Crippen MR) is 112 cm³/mol. The van der Waals surface area contributed by atoms with Crippen LogP contribution in [0, 0.1) is 5.92 Å². The Kier molecular flexibility index (Phi) is 7.83. The van der Waals surface area contributed by atoms with E-state index in [1.807, 2.05) is 26.2 Å². The van der Waals surface area contributed by atoms with Crippen LogP contribution in [0.15, 0.2) is 23.2 Å². The Morgan fingerprint density at radius 3 is 2.64 bits per heavy atom. The fourth-order valence-electron chi connectivity index (χ4n) is 3.51. The zero-order valence-electron chi connectivity index (χ0n) is 17.6. The third kappa shape index (κ3) is 6.30. The van der Waals surface area contributed by atoms with Crippen LogP contribution in [0.5, 0.6) is 11.5 Å². The van der Waals surface area contributed by atoms with Crippen molar-refractivity contribution in [3.8, 4) is 11.5 Å². The van der Waals surface area contributed by atoms with E-state index in [-0.39, 0.29) is 0 Å². The lowest BCUT2D eigenvalue weighted by molar-refractivity contribution is 0.115. The van der Waals surface area contributed by atoms with Gasteiger partial charge in [0.25, 0.3) is 0 Å². The van der Waals surface area contributed by atoms with E-state index in [1.54, 1.807) is 7.11 Å². The van der Waals surface area contributed by atoms with Crippen molar-refractivity contribution in [1.29, 1.82) is 0 Å². The van der Waals surface area contributed by atoms with Gasteiger partial charge in [0, 0.05) is 33.8 Å². The number of hydrogen-bond acceptors (Lipinski definition) is 4. The number of ether oxygens (including phenoxy) is 3. The summed E-state index contributed by atoms with van der Waals surface area (Å²) in [4.78, 5) is 6.48. The summed E-state index contributed by atoms with van der Waals surface area (Å²) in [6.45, 7) is 3.13. The van der Waals surface area contributed by atoms with E-state index >= 15 is 0 Å². The highest BCUT2D eigenvalue weighted by molar-refractivity contribution is 5.79. The molecule has 6 heteroatoms. The predicted octanol–water partition coefficient (Wildman–Crippen LogP) is 3.45. The number of rotatable bonds is 10. The zero-order chi connectivity index (χ0) is 19.8. The number of likely N-dealkylation sites (N-methyl/N-ethyl adjacent to an activating group) is 1. The van der Waals surface area contributed by atoms with Crippen molar-refractivity contribution in [2.75, 3.05) is 41.0 Å².